The van der Waals surface area contributed by atoms with Crippen molar-refractivity contribution in [2.75, 3.05) is 0 Å². The van der Waals surface area contributed by atoms with Crippen molar-refractivity contribution in [3.8, 4) is 5.75 Å². The lowest BCUT2D eigenvalue weighted by molar-refractivity contribution is 0.354. The van der Waals surface area contributed by atoms with Gasteiger partial charge in [-0.1, -0.05) is 23.2 Å². The van der Waals surface area contributed by atoms with E-state index in [-0.39, 0.29) is 0 Å². The lowest BCUT2D eigenvalue weighted by Gasteiger charge is -2.04. The predicted octanol–water partition coefficient (Wildman–Crippen LogP) is 3.37. The molecule has 0 spiro atoms. The molecule has 1 radical (unpaired) electrons. The van der Waals surface area contributed by atoms with E-state index >= 15 is 0 Å². The molecule has 0 aliphatic heterocycles. The highest BCUT2D eigenvalue weighted by molar-refractivity contribution is 6.43. The SMILES string of the molecule is ClC(Cl)Oc1ccc2c[c]oc2c1. The molecular weight excluding hydrogens is 211 g/mol. The number of furan rings is 1. The Labute approximate surface area is 85.0 Å². The van der Waals surface area contributed by atoms with E-state index in [0.717, 1.165) is 5.39 Å². The van der Waals surface area contributed by atoms with Gasteiger partial charge in [0.15, 0.2) is 6.26 Å². The summed E-state index contributed by atoms with van der Waals surface area (Å²) < 4.78 is 10.1. The van der Waals surface area contributed by atoms with Crippen LogP contribution in [0.25, 0.3) is 11.0 Å². The Hall–Kier alpha value is -0.860. The third-order valence-electron chi connectivity index (χ3n) is 1.59. The van der Waals surface area contributed by atoms with Gasteiger partial charge in [0.05, 0.1) is 0 Å². The fourth-order valence-corrected chi connectivity index (χ4v) is 1.26. The highest BCUT2D eigenvalue weighted by Crippen LogP contribution is 2.23. The highest BCUT2D eigenvalue weighted by Gasteiger charge is 2.03. The number of hydrogen-bond donors (Lipinski definition) is 0. The summed E-state index contributed by atoms with van der Waals surface area (Å²) in [6, 6.07) is 7.08. The van der Waals surface area contributed by atoms with Crippen LogP contribution in [0.5, 0.6) is 5.75 Å². The molecule has 4 heteroatoms. The topological polar surface area (TPSA) is 22.4 Å². The number of fused-ring (bicyclic) bond motifs is 1. The summed E-state index contributed by atoms with van der Waals surface area (Å²) in [5, 5.41) is 0.101. The van der Waals surface area contributed by atoms with Gasteiger partial charge in [0.1, 0.15) is 11.3 Å². The van der Waals surface area contributed by atoms with Gasteiger partial charge < -0.3 is 9.15 Å². The van der Waals surface area contributed by atoms with Crippen molar-refractivity contribution in [3.05, 3.63) is 30.5 Å². The molecule has 1 aromatic carbocycles. The first-order valence-corrected chi connectivity index (χ1v) is 4.47. The molecule has 0 atom stereocenters. The molecule has 0 saturated carbocycles. The van der Waals surface area contributed by atoms with Gasteiger partial charge in [0.2, 0.25) is 5.02 Å². The average Bonchev–Trinajstić information content (AvgIpc) is 2.49. The molecule has 0 N–H and O–H groups in total. The van der Waals surface area contributed by atoms with Crippen molar-refractivity contribution >= 4 is 34.2 Å². The minimum Gasteiger partial charge on any atom is -0.461 e. The maximum atomic E-state index is 5.44. The summed E-state index contributed by atoms with van der Waals surface area (Å²) in [4.78, 5) is 0. The van der Waals surface area contributed by atoms with Gasteiger partial charge in [0, 0.05) is 11.5 Å². The monoisotopic (exact) mass is 215 g/mol. The first-order chi connectivity index (χ1) is 6.25. The second-order valence-electron chi connectivity index (χ2n) is 2.44. The van der Waals surface area contributed by atoms with Crippen LogP contribution in [0.2, 0.25) is 0 Å². The summed E-state index contributed by atoms with van der Waals surface area (Å²) in [6.07, 6.45) is 2.62. The first kappa shape index (κ1) is 8.73. The zero-order chi connectivity index (χ0) is 9.26. The maximum absolute atomic E-state index is 5.44. The van der Waals surface area contributed by atoms with Crippen LogP contribution in [-0.4, -0.2) is 5.02 Å². The number of alkyl halides is 2. The van der Waals surface area contributed by atoms with E-state index in [1.165, 1.54) is 0 Å². The second kappa shape index (κ2) is 3.48. The molecule has 1 heterocycles. The molecule has 67 valence electrons. The second-order valence-corrected chi connectivity index (χ2v) is 3.46. The van der Waals surface area contributed by atoms with Crippen LogP contribution >= 0.6 is 23.2 Å². The molecule has 1 aromatic heterocycles. The summed E-state index contributed by atoms with van der Waals surface area (Å²) in [6.45, 7) is 0. The van der Waals surface area contributed by atoms with Crippen LogP contribution < -0.4 is 4.74 Å². The quantitative estimate of drug-likeness (QED) is 0.718. The molecule has 2 rings (SSSR count). The number of ether oxygens (including phenoxy) is 1. The maximum Gasteiger partial charge on any atom is 0.247 e. The Morgan fingerprint density at radius 3 is 3.00 bits per heavy atom. The molecule has 0 bridgehead atoms. The molecule has 2 nitrogen and oxygen atoms in total. The van der Waals surface area contributed by atoms with Crippen LogP contribution in [-0.2, 0) is 0 Å². The van der Waals surface area contributed by atoms with E-state index < -0.39 is 5.02 Å². The minimum absolute atomic E-state index is 0.575. The Morgan fingerprint density at radius 2 is 2.23 bits per heavy atom. The fraction of sp³-hybridized carbons (Fsp3) is 0.111. The molecule has 0 aliphatic rings. The van der Waals surface area contributed by atoms with E-state index in [9.17, 15) is 0 Å². The van der Waals surface area contributed by atoms with Gasteiger partial charge in [0.25, 0.3) is 0 Å². The van der Waals surface area contributed by atoms with Gasteiger partial charge >= 0.3 is 0 Å². The summed E-state index contributed by atoms with van der Waals surface area (Å²) in [5.41, 5.74) is 0.700. The zero-order valence-electron chi connectivity index (χ0n) is 6.46. The Kier molecular flexibility index (Phi) is 2.34. The molecular formula is C9H5Cl2O2. The van der Waals surface area contributed by atoms with E-state index in [1.807, 2.05) is 6.07 Å². The van der Waals surface area contributed by atoms with Gasteiger partial charge in [-0.25, -0.2) is 0 Å². The molecule has 0 fully saturated rings. The number of rotatable bonds is 2. The molecule has 0 amide bonds. The summed E-state index contributed by atoms with van der Waals surface area (Å²) in [7, 11) is 0. The van der Waals surface area contributed by atoms with Crippen molar-refractivity contribution in [2.24, 2.45) is 0 Å². The van der Waals surface area contributed by atoms with E-state index in [0.29, 0.717) is 11.3 Å². The molecule has 0 saturated heterocycles. The van der Waals surface area contributed by atoms with Gasteiger partial charge in [-0.05, 0) is 18.2 Å². The first-order valence-electron chi connectivity index (χ1n) is 3.60. The van der Waals surface area contributed by atoms with Crippen LogP contribution in [0, 0.1) is 6.26 Å². The summed E-state index contributed by atoms with van der Waals surface area (Å²) >= 11 is 10.9. The van der Waals surface area contributed by atoms with Crippen molar-refractivity contribution < 1.29 is 9.15 Å². The summed E-state index contributed by atoms with van der Waals surface area (Å²) in [5.74, 6) is 0.575. The van der Waals surface area contributed by atoms with E-state index in [1.54, 1.807) is 18.2 Å². The highest BCUT2D eigenvalue weighted by atomic mass is 35.5. The number of hydrogen-bond acceptors (Lipinski definition) is 2. The smallest absolute Gasteiger partial charge is 0.247 e. The molecule has 13 heavy (non-hydrogen) atoms. The third-order valence-corrected chi connectivity index (χ3v) is 1.77. The standard InChI is InChI=1S/C9H5Cl2O2/c10-9(11)13-7-2-1-6-3-4-12-8(6)5-7/h1-3,5,9H. The molecule has 0 aliphatic carbocycles. The van der Waals surface area contributed by atoms with Crippen LogP contribution in [0.3, 0.4) is 0 Å². The number of benzene rings is 1. The van der Waals surface area contributed by atoms with Gasteiger partial charge in [-0.15, -0.1) is 0 Å². The van der Waals surface area contributed by atoms with Crippen LogP contribution in [0.15, 0.2) is 28.7 Å². The van der Waals surface area contributed by atoms with Crippen LogP contribution in [0.4, 0.5) is 0 Å². The molecule has 0 unspecified atom stereocenters. The Bertz CT molecular complexity index is 409. The van der Waals surface area contributed by atoms with Crippen molar-refractivity contribution in [3.63, 3.8) is 0 Å². The zero-order valence-corrected chi connectivity index (χ0v) is 7.97. The predicted molar refractivity (Wildman–Crippen MR) is 51.2 cm³/mol. The van der Waals surface area contributed by atoms with Crippen LogP contribution in [0.1, 0.15) is 0 Å². The molecule has 2 aromatic rings. The third kappa shape index (κ3) is 1.90. The Morgan fingerprint density at radius 1 is 1.38 bits per heavy atom. The van der Waals surface area contributed by atoms with Crippen molar-refractivity contribution in [1.29, 1.82) is 0 Å². The van der Waals surface area contributed by atoms with E-state index in [4.69, 9.17) is 32.4 Å². The largest absolute Gasteiger partial charge is 0.461 e. The lowest BCUT2D eigenvalue weighted by atomic mass is 10.2. The number of halogens is 2. The minimum atomic E-state index is -0.864. The fourth-order valence-electron chi connectivity index (χ4n) is 1.05. The van der Waals surface area contributed by atoms with Gasteiger partial charge in [-0.2, -0.15) is 0 Å². The van der Waals surface area contributed by atoms with Gasteiger partial charge in [-0.3, -0.25) is 0 Å². The lowest BCUT2D eigenvalue weighted by Crippen LogP contribution is -1.98. The average molecular weight is 216 g/mol. The van der Waals surface area contributed by atoms with Crippen molar-refractivity contribution in [2.45, 2.75) is 5.02 Å². The normalized spacial score (nSPS) is 11.0. The Balaban J connectivity index is 2.37. The van der Waals surface area contributed by atoms with E-state index in [2.05, 4.69) is 6.26 Å². The van der Waals surface area contributed by atoms with Crippen molar-refractivity contribution in [1.82, 2.24) is 0 Å².